The zero-order valence-electron chi connectivity index (χ0n) is 8.11. The summed E-state index contributed by atoms with van der Waals surface area (Å²) >= 11 is 7.02. The largest absolute Gasteiger partial charge is 0.480 e. The Hall–Kier alpha value is -0.780. The van der Waals surface area contributed by atoms with Crippen LogP contribution in [0.1, 0.15) is 10.9 Å². The zero-order valence-corrected chi connectivity index (χ0v) is 9.69. The highest BCUT2D eigenvalue weighted by Gasteiger charge is 2.31. The fraction of sp³-hybridized carbons (Fsp3) is 0.300. The lowest BCUT2D eigenvalue weighted by atomic mass is 10.2. The number of nitrogens with one attached hydrogen (secondary N) is 1. The van der Waals surface area contributed by atoms with Crippen LogP contribution in [0.3, 0.4) is 0 Å². The molecular weight excluding hydrogens is 253 g/mol. The number of carboxylic acid groups (broad SMARTS) is 1. The Balaban J connectivity index is 2.17. The van der Waals surface area contributed by atoms with Crippen molar-refractivity contribution in [3.63, 3.8) is 0 Å². The first-order valence-corrected chi connectivity index (χ1v) is 6.06. The first-order chi connectivity index (χ1) is 7.58. The number of carbonyl (C=O) groups is 1. The molecule has 1 saturated heterocycles. The van der Waals surface area contributed by atoms with Crippen LogP contribution in [0.2, 0.25) is 5.02 Å². The van der Waals surface area contributed by atoms with Gasteiger partial charge in [0.05, 0.1) is 5.37 Å². The zero-order chi connectivity index (χ0) is 11.7. The van der Waals surface area contributed by atoms with Crippen LogP contribution in [0.4, 0.5) is 4.39 Å². The summed E-state index contributed by atoms with van der Waals surface area (Å²) in [6, 6.07) is 3.78. The van der Waals surface area contributed by atoms with Gasteiger partial charge >= 0.3 is 5.97 Å². The van der Waals surface area contributed by atoms with Crippen molar-refractivity contribution in [1.82, 2.24) is 5.32 Å². The van der Waals surface area contributed by atoms with Gasteiger partial charge in [-0.1, -0.05) is 17.7 Å². The second kappa shape index (κ2) is 4.61. The van der Waals surface area contributed by atoms with Crippen LogP contribution < -0.4 is 5.32 Å². The molecule has 1 aliphatic heterocycles. The molecule has 1 heterocycles. The molecule has 0 radical (unpaired) electrons. The molecule has 1 aromatic rings. The third kappa shape index (κ3) is 2.31. The molecule has 86 valence electrons. The van der Waals surface area contributed by atoms with Crippen molar-refractivity contribution in [3.8, 4) is 0 Å². The van der Waals surface area contributed by atoms with E-state index in [9.17, 15) is 9.18 Å². The van der Waals surface area contributed by atoms with Gasteiger partial charge in [-0.15, -0.1) is 11.8 Å². The van der Waals surface area contributed by atoms with E-state index < -0.39 is 17.8 Å². The molecule has 0 saturated carbocycles. The van der Waals surface area contributed by atoms with Crippen LogP contribution >= 0.6 is 23.4 Å². The summed E-state index contributed by atoms with van der Waals surface area (Å²) in [5.74, 6) is -0.893. The first-order valence-electron chi connectivity index (χ1n) is 4.63. The molecular formula is C10H9ClFNO2S. The van der Waals surface area contributed by atoms with Crippen molar-refractivity contribution in [2.75, 3.05) is 5.75 Å². The molecule has 2 N–H and O–H groups in total. The van der Waals surface area contributed by atoms with Crippen molar-refractivity contribution >= 4 is 29.3 Å². The lowest BCUT2D eigenvalue weighted by Gasteiger charge is -2.12. The number of thioether (sulfide) groups is 1. The van der Waals surface area contributed by atoms with Gasteiger partial charge in [0.15, 0.2) is 0 Å². The fourth-order valence-corrected chi connectivity index (χ4v) is 2.92. The van der Waals surface area contributed by atoms with E-state index >= 15 is 0 Å². The van der Waals surface area contributed by atoms with E-state index in [1.165, 1.54) is 17.8 Å². The number of hydrogen-bond donors (Lipinski definition) is 2. The van der Waals surface area contributed by atoms with Crippen LogP contribution in [0, 0.1) is 5.82 Å². The molecule has 0 spiro atoms. The van der Waals surface area contributed by atoms with Crippen LogP contribution in [-0.2, 0) is 4.79 Å². The number of hydrogen-bond acceptors (Lipinski definition) is 3. The predicted octanol–water partition coefficient (Wildman–Crippen LogP) is 2.27. The van der Waals surface area contributed by atoms with Crippen molar-refractivity contribution < 1.29 is 14.3 Å². The minimum atomic E-state index is -0.913. The van der Waals surface area contributed by atoms with Gasteiger partial charge in [-0.3, -0.25) is 10.1 Å². The molecule has 0 aliphatic carbocycles. The van der Waals surface area contributed by atoms with Crippen molar-refractivity contribution in [3.05, 3.63) is 34.6 Å². The number of aliphatic carboxylic acids is 1. The second-order valence-electron chi connectivity index (χ2n) is 3.44. The van der Waals surface area contributed by atoms with Crippen LogP contribution in [-0.4, -0.2) is 22.9 Å². The van der Waals surface area contributed by atoms with E-state index in [2.05, 4.69) is 5.32 Å². The molecule has 0 bridgehead atoms. The second-order valence-corrected chi connectivity index (χ2v) is 5.01. The molecule has 1 aliphatic rings. The van der Waals surface area contributed by atoms with Crippen LogP contribution in [0.5, 0.6) is 0 Å². The summed E-state index contributed by atoms with van der Waals surface area (Å²) in [7, 11) is 0. The number of benzene rings is 1. The smallest absolute Gasteiger partial charge is 0.321 e. The maximum Gasteiger partial charge on any atom is 0.321 e. The summed E-state index contributed by atoms with van der Waals surface area (Å²) in [6.07, 6.45) is 0. The van der Waals surface area contributed by atoms with E-state index in [-0.39, 0.29) is 5.37 Å². The predicted molar refractivity (Wildman–Crippen MR) is 61.2 cm³/mol. The maximum absolute atomic E-state index is 13.5. The van der Waals surface area contributed by atoms with Crippen LogP contribution in [0.25, 0.3) is 0 Å². The molecule has 2 rings (SSSR count). The summed E-state index contributed by atoms with van der Waals surface area (Å²) in [4.78, 5) is 10.7. The van der Waals surface area contributed by atoms with E-state index in [0.29, 0.717) is 16.3 Å². The minimum Gasteiger partial charge on any atom is -0.480 e. The van der Waals surface area contributed by atoms with Gasteiger partial charge in [0.1, 0.15) is 11.9 Å². The Morgan fingerprint density at radius 2 is 2.38 bits per heavy atom. The molecule has 1 fully saturated rings. The molecule has 2 atom stereocenters. The number of rotatable bonds is 2. The van der Waals surface area contributed by atoms with Gasteiger partial charge in [-0.05, 0) is 12.1 Å². The Morgan fingerprint density at radius 1 is 1.62 bits per heavy atom. The Morgan fingerprint density at radius 3 is 2.94 bits per heavy atom. The normalized spacial score (nSPS) is 24.6. The topological polar surface area (TPSA) is 49.3 Å². The molecule has 3 nitrogen and oxygen atoms in total. The first kappa shape index (κ1) is 11.7. The Labute approximate surface area is 101 Å². The van der Waals surface area contributed by atoms with Crippen molar-refractivity contribution in [2.24, 2.45) is 0 Å². The Bertz CT molecular complexity index is 429. The molecule has 1 aromatic carbocycles. The van der Waals surface area contributed by atoms with E-state index in [0.717, 1.165) is 0 Å². The van der Waals surface area contributed by atoms with E-state index in [1.807, 2.05) is 0 Å². The highest BCUT2D eigenvalue weighted by molar-refractivity contribution is 7.99. The molecule has 6 heteroatoms. The molecule has 1 unspecified atom stereocenters. The van der Waals surface area contributed by atoms with Gasteiger partial charge in [-0.25, -0.2) is 4.39 Å². The third-order valence-corrected chi connectivity index (χ3v) is 3.81. The third-order valence-electron chi connectivity index (χ3n) is 2.33. The highest BCUT2D eigenvalue weighted by atomic mass is 35.5. The summed E-state index contributed by atoms with van der Waals surface area (Å²) < 4.78 is 13.5. The van der Waals surface area contributed by atoms with E-state index in [1.54, 1.807) is 12.1 Å². The van der Waals surface area contributed by atoms with Gasteiger partial charge in [0.2, 0.25) is 0 Å². The Kier molecular flexibility index (Phi) is 3.37. The quantitative estimate of drug-likeness (QED) is 0.858. The molecule has 0 aromatic heterocycles. The monoisotopic (exact) mass is 261 g/mol. The summed E-state index contributed by atoms with van der Waals surface area (Å²) in [5, 5.41) is 11.7. The van der Waals surface area contributed by atoms with Crippen molar-refractivity contribution in [1.29, 1.82) is 0 Å². The van der Waals surface area contributed by atoms with Gasteiger partial charge in [0, 0.05) is 16.3 Å². The molecule has 16 heavy (non-hydrogen) atoms. The SMILES string of the molecule is O=C(O)[C@@H]1CSC(c2ccc(Cl)cc2F)N1. The lowest BCUT2D eigenvalue weighted by molar-refractivity contribution is -0.138. The van der Waals surface area contributed by atoms with Crippen LogP contribution in [0.15, 0.2) is 18.2 Å². The summed E-state index contributed by atoms with van der Waals surface area (Å²) in [6.45, 7) is 0. The number of halogens is 2. The molecule has 0 amide bonds. The average Bonchev–Trinajstić information content (AvgIpc) is 2.66. The highest BCUT2D eigenvalue weighted by Crippen LogP contribution is 2.34. The lowest BCUT2D eigenvalue weighted by Crippen LogP contribution is -2.33. The van der Waals surface area contributed by atoms with Crippen molar-refractivity contribution in [2.45, 2.75) is 11.4 Å². The average molecular weight is 262 g/mol. The van der Waals surface area contributed by atoms with Gasteiger partial charge in [-0.2, -0.15) is 0 Å². The number of carboxylic acids is 1. The minimum absolute atomic E-state index is 0.321. The fourth-order valence-electron chi connectivity index (χ4n) is 1.51. The van der Waals surface area contributed by atoms with Gasteiger partial charge < -0.3 is 5.11 Å². The maximum atomic E-state index is 13.5. The standard InChI is InChI=1S/C10H9ClFNO2S/c11-5-1-2-6(7(12)3-5)9-13-8(4-16-9)10(14)15/h1-3,8-9,13H,4H2,(H,14,15)/t8-,9?/m0/s1. The van der Waals surface area contributed by atoms with Gasteiger partial charge in [0.25, 0.3) is 0 Å². The summed E-state index contributed by atoms with van der Waals surface area (Å²) in [5.41, 5.74) is 0.443. The van der Waals surface area contributed by atoms with E-state index in [4.69, 9.17) is 16.7 Å².